The number of hydrogen-bond donors (Lipinski definition) is 0. The first kappa shape index (κ1) is 42.7. The molecule has 0 unspecified atom stereocenters. The topological polar surface area (TPSA) is 0 Å². The van der Waals surface area contributed by atoms with Crippen molar-refractivity contribution in [1.82, 2.24) is 0 Å². The maximum absolute atomic E-state index is 2.99. The summed E-state index contributed by atoms with van der Waals surface area (Å²) in [4.78, 5) is 0. The van der Waals surface area contributed by atoms with Gasteiger partial charge in [-0.05, 0) is 44.2 Å². The molecule has 0 saturated carbocycles. The van der Waals surface area contributed by atoms with Crippen LogP contribution in [0.1, 0.15) is 64.7 Å². The molecule has 0 aromatic heterocycles. The molecule has 0 N–H and O–H groups in total. The van der Waals surface area contributed by atoms with Gasteiger partial charge in [-0.25, -0.2) is 12.2 Å². The molecular weight excluding hydrogens is 775 g/mol. The summed E-state index contributed by atoms with van der Waals surface area (Å²) in [6.07, 6.45) is 10.0. The molecule has 0 spiro atoms. The molecule has 0 fully saturated rings. The number of fused-ring (bicyclic) bond motifs is 3. The maximum atomic E-state index is 2.99. The van der Waals surface area contributed by atoms with Gasteiger partial charge in [0.1, 0.15) is 0 Å². The Morgan fingerprint density at radius 3 is 1.28 bits per heavy atom. The van der Waals surface area contributed by atoms with Crippen LogP contribution >= 0.6 is 0 Å². The van der Waals surface area contributed by atoms with E-state index in [-0.39, 0.29) is 35.6 Å². The van der Waals surface area contributed by atoms with Gasteiger partial charge in [0.2, 0.25) is 0 Å². The van der Waals surface area contributed by atoms with Crippen molar-refractivity contribution in [3.63, 3.8) is 0 Å². The summed E-state index contributed by atoms with van der Waals surface area (Å²) in [5.74, 6) is 0. The third-order valence-electron chi connectivity index (χ3n) is 9.54. The molecule has 3 heteroatoms. The zero-order valence-electron chi connectivity index (χ0n) is 32.1. The van der Waals surface area contributed by atoms with Gasteiger partial charge >= 0.3 is 99.2 Å². The van der Waals surface area contributed by atoms with E-state index in [0.717, 1.165) is 6.42 Å². The second-order valence-corrected chi connectivity index (χ2v) is 16.2. The second-order valence-electron chi connectivity index (χ2n) is 15.5. The predicted octanol–water partition coefficient (Wildman–Crippen LogP) is 8.01. The predicted molar refractivity (Wildman–Crippen MR) is 224 cm³/mol. The molecule has 8 rings (SSSR count). The molecule has 7 aromatic rings. The third kappa shape index (κ3) is 10.4. The van der Waals surface area contributed by atoms with Crippen molar-refractivity contribution in [2.45, 2.75) is 58.8 Å². The Labute approximate surface area is 350 Å². The van der Waals surface area contributed by atoms with Gasteiger partial charge in [0.25, 0.3) is 0 Å². The van der Waals surface area contributed by atoms with E-state index in [0.29, 0.717) is 0 Å². The standard InChI is InChI=1S/C33H33.C13H10.C5H5.2ClH.Zr/c1-32(2,3)30-20-26-24(18-28(30)22-13-9-7-10-14-22)17-25-19-29(23-15-11-8-12-16-23)31(21-27(25)26)33(4,5)6;1-11-7-9-13(10-8-11)12-5-3-2-4-6-12;1-2-4-5-3-1;;;/h7-21H,1-6H3;1-10H;1-3H,4H2;2*1H;/q-1;;-1;;;+2/p-2. The third-order valence-corrected chi connectivity index (χ3v) is 10.4. The molecule has 0 bridgehead atoms. The molecule has 1 aliphatic rings. The van der Waals surface area contributed by atoms with Crippen LogP contribution in [0.4, 0.5) is 0 Å². The molecule has 0 heterocycles. The van der Waals surface area contributed by atoms with Crippen LogP contribution in [0, 0.1) is 6.08 Å². The van der Waals surface area contributed by atoms with Crippen molar-refractivity contribution in [2.24, 2.45) is 0 Å². The molecule has 54 heavy (non-hydrogen) atoms. The normalized spacial score (nSPS) is 11.9. The summed E-state index contributed by atoms with van der Waals surface area (Å²) in [5, 5.41) is 5.36. The van der Waals surface area contributed by atoms with Gasteiger partial charge in [-0.15, -0.1) is 46.2 Å². The fraction of sp³-hybridized carbons (Fsp3) is 0.176. The summed E-state index contributed by atoms with van der Waals surface area (Å²) in [6, 6.07) is 52.8. The number of rotatable bonds is 4. The fourth-order valence-corrected chi connectivity index (χ4v) is 7.28. The van der Waals surface area contributed by atoms with Crippen LogP contribution in [0.3, 0.4) is 0 Å². The molecule has 0 atom stereocenters. The minimum absolute atomic E-state index is 0. The van der Waals surface area contributed by atoms with Crippen molar-refractivity contribution < 1.29 is 49.0 Å². The van der Waals surface area contributed by atoms with Crippen LogP contribution in [0.25, 0.3) is 54.9 Å². The van der Waals surface area contributed by atoms with Crippen molar-refractivity contribution in [2.75, 3.05) is 0 Å². The van der Waals surface area contributed by atoms with E-state index in [4.69, 9.17) is 0 Å². The Morgan fingerprint density at radius 2 is 0.944 bits per heavy atom. The van der Waals surface area contributed by atoms with Crippen molar-refractivity contribution in [3.05, 3.63) is 187 Å². The van der Waals surface area contributed by atoms with E-state index in [1.807, 2.05) is 18.2 Å². The van der Waals surface area contributed by atoms with Gasteiger partial charge in [0.15, 0.2) is 0 Å². The minimum atomic E-state index is 0. The van der Waals surface area contributed by atoms with Crippen molar-refractivity contribution >= 4 is 25.3 Å². The Morgan fingerprint density at radius 1 is 0.537 bits per heavy atom. The van der Waals surface area contributed by atoms with Gasteiger partial charge in [-0.1, -0.05) is 114 Å². The number of allylic oxidation sites excluding steroid dienone is 4. The quantitative estimate of drug-likeness (QED) is 0.158. The van der Waals surface area contributed by atoms with Gasteiger partial charge in [-0.2, -0.15) is 6.08 Å². The molecule has 7 aromatic carbocycles. The van der Waals surface area contributed by atoms with E-state index >= 15 is 0 Å². The molecule has 1 aliphatic carbocycles. The van der Waals surface area contributed by atoms with Gasteiger partial charge in [-0.3, -0.25) is 6.08 Å². The average Bonchev–Trinajstić information content (AvgIpc) is 3.86. The van der Waals surface area contributed by atoms with Gasteiger partial charge in [0, 0.05) is 0 Å². The van der Waals surface area contributed by atoms with Gasteiger partial charge < -0.3 is 24.8 Å². The zero-order valence-corrected chi connectivity index (χ0v) is 36.1. The van der Waals surface area contributed by atoms with Crippen molar-refractivity contribution in [1.29, 1.82) is 0 Å². The molecular formula is C51H48Cl2Zr-2. The first-order valence-corrected chi connectivity index (χ1v) is 19.7. The molecule has 0 radical (unpaired) electrons. The Bertz CT molecular complexity index is 2190. The summed E-state index contributed by atoms with van der Waals surface area (Å²) >= 11 is 1.45. The second kappa shape index (κ2) is 19.0. The van der Waals surface area contributed by atoms with E-state index in [9.17, 15) is 0 Å². The van der Waals surface area contributed by atoms with Crippen LogP contribution in [-0.4, -0.2) is 3.71 Å². The summed E-state index contributed by atoms with van der Waals surface area (Å²) in [5.41, 5.74) is 12.0. The molecule has 0 amide bonds. The number of halogens is 2. The van der Waals surface area contributed by atoms with Crippen LogP contribution in [0.15, 0.2) is 164 Å². The fourth-order valence-electron chi connectivity index (χ4n) is 6.80. The SMILES string of the molecule is CC(C)(C)c1cc2c(cc1-c1ccccc1)[cH-]c1cc(-c3ccccc3)c(C(C)(C)C)cc12.[C-]1=CC=CC1.[Cl-].[Cl-].[Zr+2]=[CH]c1ccc(-c2ccccc2)cc1. The molecule has 272 valence electrons. The van der Waals surface area contributed by atoms with Crippen LogP contribution in [0.5, 0.6) is 0 Å². The van der Waals surface area contributed by atoms with Crippen molar-refractivity contribution in [3.8, 4) is 33.4 Å². The molecule has 0 aliphatic heterocycles. The van der Waals surface area contributed by atoms with Gasteiger partial charge in [0.05, 0.1) is 0 Å². The summed E-state index contributed by atoms with van der Waals surface area (Å²) < 4.78 is 2.20. The Hall–Kier alpha value is -4.00. The van der Waals surface area contributed by atoms with E-state index in [1.165, 1.54) is 95.9 Å². The van der Waals surface area contributed by atoms with E-state index < -0.39 is 0 Å². The Balaban J connectivity index is 0.000000255. The number of benzene rings is 6. The zero-order chi connectivity index (χ0) is 36.7. The first-order chi connectivity index (χ1) is 25.0. The first-order valence-electron chi connectivity index (χ1n) is 18.2. The van der Waals surface area contributed by atoms with E-state index in [1.54, 1.807) is 0 Å². The van der Waals surface area contributed by atoms with Crippen LogP contribution < -0.4 is 24.8 Å². The summed E-state index contributed by atoms with van der Waals surface area (Å²) in [6.45, 7) is 13.9. The average molecular weight is 823 g/mol. The molecule has 0 nitrogen and oxygen atoms in total. The Kier molecular flexibility index (Phi) is 15.1. The molecule has 0 saturated heterocycles. The monoisotopic (exact) mass is 820 g/mol. The van der Waals surface area contributed by atoms with Crippen LogP contribution in [0.2, 0.25) is 0 Å². The van der Waals surface area contributed by atoms with E-state index in [2.05, 4.69) is 197 Å². The number of hydrogen-bond acceptors (Lipinski definition) is 0. The van der Waals surface area contributed by atoms with Crippen LogP contribution in [-0.2, 0) is 35.1 Å². The summed E-state index contributed by atoms with van der Waals surface area (Å²) in [7, 11) is 0.